The highest BCUT2D eigenvalue weighted by Crippen LogP contribution is 2.39. The number of fused-ring (bicyclic) bond motifs is 2. The summed E-state index contributed by atoms with van der Waals surface area (Å²) in [7, 11) is 0. The Kier molecular flexibility index (Phi) is 4.79. The molecule has 0 aromatic carbocycles. The van der Waals surface area contributed by atoms with E-state index in [1.807, 2.05) is 5.38 Å². The minimum atomic E-state index is 0.0515. The minimum Gasteiger partial charge on any atom is -0.352 e. The maximum absolute atomic E-state index is 12.5. The molecule has 4 nitrogen and oxygen atoms in total. The maximum atomic E-state index is 12.5. The van der Waals surface area contributed by atoms with Crippen LogP contribution in [0.25, 0.3) is 0 Å². The summed E-state index contributed by atoms with van der Waals surface area (Å²) in [5.74, 6) is 1.26. The first-order valence-electron chi connectivity index (χ1n) is 8.83. The van der Waals surface area contributed by atoms with Crippen molar-refractivity contribution in [3.63, 3.8) is 0 Å². The minimum absolute atomic E-state index is 0.0515. The van der Waals surface area contributed by atoms with Crippen LogP contribution in [0.4, 0.5) is 0 Å². The van der Waals surface area contributed by atoms with Crippen LogP contribution in [0.2, 0.25) is 0 Å². The number of carbonyl (C=O) groups excluding carboxylic acids is 1. The van der Waals surface area contributed by atoms with Crippen LogP contribution >= 0.6 is 11.3 Å². The Hall–Kier alpha value is -0.940. The van der Waals surface area contributed by atoms with E-state index in [0.29, 0.717) is 30.3 Å². The molecule has 1 aromatic heterocycles. The third-order valence-corrected chi connectivity index (χ3v) is 6.56. The van der Waals surface area contributed by atoms with Gasteiger partial charge in [-0.2, -0.15) is 0 Å². The van der Waals surface area contributed by atoms with E-state index in [1.165, 1.54) is 19.3 Å². The number of aromatic nitrogens is 1. The fourth-order valence-corrected chi connectivity index (χ4v) is 5.07. The van der Waals surface area contributed by atoms with Crippen LogP contribution in [0.15, 0.2) is 5.38 Å². The van der Waals surface area contributed by atoms with Crippen LogP contribution in [-0.2, 0) is 16.6 Å². The van der Waals surface area contributed by atoms with Crippen LogP contribution in [0.3, 0.4) is 0 Å². The summed E-state index contributed by atoms with van der Waals surface area (Å²) in [4.78, 5) is 17.1. The van der Waals surface area contributed by atoms with Gasteiger partial charge in [0.05, 0.1) is 17.1 Å². The second-order valence-electron chi connectivity index (χ2n) is 8.35. The van der Waals surface area contributed by atoms with E-state index in [0.717, 1.165) is 23.5 Å². The molecule has 3 N–H and O–H groups in total. The quantitative estimate of drug-likeness (QED) is 0.892. The van der Waals surface area contributed by atoms with Crippen LogP contribution < -0.4 is 11.1 Å². The van der Waals surface area contributed by atoms with Crippen molar-refractivity contribution in [2.45, 2.75) is 76.8 Å². The lowest BCUT2D eigenvalue weighted by atomic mass is 9.67. The highest BCUT2D eigenvalue weighted by atomic mass is 32.1. The van der Waals surface area contributed by atoms with E-state index in [2.05, 4.69) is 31.1 Å². The van der Waals surface area contributed by atoms with Crippen LogP contribution in [0.1, 0.15) is 63.6 Å². The molecule has 1 aromatic rings. The van der Waals surface area contributed by atoms with Gasteiger partial charge in [0.15, 0.2) is 0 Å². The summed E-state index contributed by atoms with van der Waals surface area (Å²) in [5.41, 5.74) is 7.11. The molecule has 2 bridgehead atoms. The van der Waals surface area contributed by atoms with E-state index in [1.54, 1.807) is 11.3 Å². The van der Waals surface area contributed by atoms with Crippen molar-refractivity contribution in [1.82, 2.24) is 10.3 Å². The average Bonchev–Trinajstić information content (AvgIpc) is 2.88. The molecule has 3 rings (SSSR count). The van der Waals surface area contributed by atoms with E-state index in [9.17, 15) is 4.79 Å². The number of nitrogens with zero attached hydrogens (tertiary/aromatic N) is 1. The van der Waals surface area contributed by atoms with Gasteiger partial charge in [-0.1, -0.05) is 27.2 Å². The molecule has 128 valence electrons. The van der Waals surface area contributed by atoms with Gasteiger partial charge in [0.25, 0.3) is 0 Å². The summed E-state index contributed by atoms with van der Waals surface area (Å²) < 4.78 is 0. The first kappa shape index (κ1) is 16.9. The molecule has 2 aliphatic rings. The van der Waals surface area contributed by atoms with Gasteiger partial charge in [0, 0.05) is 22.9 Å². The molecule has 2 atom stereocenters. The lowest BCUT2D eigenvalue weighted by Gasteiger charge is -2.45. The summed E-state index contributed by atoms with van der Waals surface area (Å²) in [6.07, 6.45) is 6.22. The molecule has 2 saturated carbocycles. The second kappa shape index (κ2) is 6.52. The Labute approximate surface area is 143 Å². The molecule has 0 spiro atoms. The van der Waals surface area contributed by atoms with Gasteiger partial charge in [0.2, 0.25) is 5.91 Å². The molecule has 2 unspecified atom stereocenters. The number of nitrogens with two attached hydrogens (primary N) is 1. The first-order valence-corrected chi connectivity index (χ1v) is 9.70. The number of thiazole rings is 1. The van der Waals surface area contributed by atoms with Gasteiger partial charge in [-0.05, 0) is 37.5 Å². The van der Waals surface area contributed by atoms with Gasteiger partial charge < -0.3 is 11.1 Å². The van der Waals surface area contributed by atoms with Crippen LogP contribution in [0, 0.1) is 11.8 Å². The number of hydrogen-bond acceptors (Lipinski definition) is 4. The third kappa shape index (κ3) is 3.94. The zero-order valence-corrected chi connectivity index (χ0v) is 15.3. The molecule has 5 heteroatoms. The Morgan fingerprint density at radius 1 is 1.35 bits per heavy atom. The Bertz CT molecular complexity index is 549. The molecule has 2 fully saturated rings. The van der Waals surface area contributed by atoms with Crippen molar-refractivity contribution in [1.29, 1.82) is 0 Å². The zero-order chi connectivity index (χ0) is 16.6. The average molecular weight is 336 g/mol. The summed E-state index contributed by atoms with van der Waals surface area (Å²) in [6.45, 7) is 6.46. The summed E-state index contributed by atoms with van der Waals surface area (Å²) >= 11 is 1.65. The van der Waals surface area contributed by atoms with E-state index >= 15 is 0 Å². The molecule has 1 amide bonds. The van der Waals surface area contributed by atoms with Crippen LogP contribution in [0.5, 0.6) is 0 Å². The highest BCUT2D eigenvalue weighted by molar-refractivity contribution is 7.09. The third-order valence-electron chi connectivity index (χ3n) is 5.24. The number of rotatable bonds is 3. The van der Waals surface area contributed by atoms with Crippen LogP contribution in [-0.4, -0.2) is 23.0 Å². The fourth-order valence-electron chi connectivity index (χ4n) is 4.16. The second-order valence-corrected chi connectivity index (χ2v) is 9.20. The summed E-state index contributed by atoms with van der Waals surface area (Å²) in [6, 6.07) is 0.656. The molecule has 1 heterocycles. The molecule has 23 heavy (non-hydrogen) atoms. The van der Waals surface area contributed by atoms with Crippen molar-refractivity contribution < 1.29 is 4.79 Å². The number of amides is 1. The van der Waals surface area contributed by atoms with Crippen molar-refractivity contribution >= 4 is 17.2 Å². The lowest BCUT2D eigenvalue weighted by Crippen LogP contribution is -2.54. The van der Waals surface area contributed by atoms with Crippen molar-refractivity contribution in [3.05, 3.63) is 16.1 Å². The topological polar surface area (TPSA) is 68.0 Å². The fraction of sp³-hybridized carbons (Fsp3) is 0.778. The molecule has 0 aliphatic heterocycles. The van der Waals surface area contributed by atoms with Crippen molar-refractivity contribution in [3.8, 4) is 0 Å². The van der Waals surface area contributed by atoms with E-state index in [4.69, 9.17) is 5.73 Å². The van der Waals surface area contributed by atoms with E-state index in [-0.39, 0.29) is 11.3 Å². The smallest absolute Gasteiger partial charge is 0.226 e. The number of hydrogen-bond donors (Lipinski definition) is 2. The number of nitrogens with one attached hydrogen (secondary N) is 1. The molecule has 2 aliphatic carbocycles. The molecular formula is C18H29N3OS. The first-order chi connectivity index (χ1) is 10.8. The largest absolute Gasteiger partial charge is 0.352 e. The Morgan fingerprint density at radius 3 is 2.57 bits per heavy atom. The highest BCUT2D eigenvalue weighted by Gasteiger charge is 2.39. The number of carbonyl (C=O) groups is 1. The predicted molar refractivity (Wildman–Crippen MR) is 94.5 cm³/mol. The van der Waals surface area contributed by atoms with Gasteiger partial charge in [-0.3, -0.25) is 4.79 Å². The lowest BCUT2D eigenvalue weighted by molar-refractivity contribution is -0.122. The normalized spacial score (nSPS) is 31.0. The molecule has 0 saturated heterocycles. The monoisotopic (exact) mass is 335 g/mol. The van der Waals surface area contributed by atoms with Gasteiger partial charge >= 0.3 is 0 Å². The van der Waals surface area contributed by atoms with Gasteiger partial charge in [0.1, 0.15) is 0 Å². The van der Waals surface area contributed by atoms with Crippen molar-refractivity contribution in [2.24, 2.45) is 17.6 Å². The summed E-state index contributed by atoms with van der Waals surface area (Å²) in [5, 5.41) is 6.43. The Morgan fingerprint density at radius 2 is 2.00 bits per heavy atom. The Balaban J connectivity index is 1.60. The van der Waals surface area contributed by atoms with Gasteiger partial charge in [-0.25, -0.2) is 4.98 Å². The SMILES string of the molecule is CC(C)(C)c1nc(CC(=O)NC2C3CCCC2CC(N)C3)cs1. The van der Waals surface area contributed by atoms with Gasteiger partial charge in [-0.15, -0.1) is 11.3 Å². The van der Waals surface area contributed by atoms with E-state index < -0.39 is 0 Å². The molecular weight excluding hydrogens is 306 g/mol. The predicted octanol–water partition coefficient (Wildman–Crippen LogP) is 3.01. The van der Waals surface area contributed by atoms with Crippen molar-refractivity contribution in [2.75, 3.05) is 0 Å². The standard InChI is InChI=1S/C18H29N3OS/c1-18(2,3)17-20-14(10-23-17)9-15(22)21-16-11-5-4-6-12(16)8-13(19)7-11/h10-13,16H,4-9,19H2,1-3H3,(H,21,22). The molecule has 0 radical (unpaired) electrons. The zero-order valence-electron chi connectivity index (χ0n) is 14.5. The maximum Gasteiger partial charge on any atom is 0.226 e.